The van der Waals surface area contributed by atoms with Gasteiger partial charge in [0.05, 0.1) is 12.0 Å². The molecule has 0 radical (unpaired) electrons. The van der Waals surface area contributed by atoms with E-state index in [0.717, 1.165) is 12.8 Å². The zero-order valence-electron chi connectivity index (χ0n) is 10.9. The number of allylic oxidation sites excluding steroid dienone is 2. The summed E-state index contributed by atoms with van der Waals surface area (Å²) in [4.78, 5) is 24.0. The lowest BCUT2D eigenvalue weighted by atomic mass is 9.54. The Bertz CT molecular complexity index is 412. The highest BCUT2D eigenvalue weighted by molar-refractivity contribution is 5.84. The van der Waals surface area contributed by atoms with Crippen LogP contribution in [0.25, 0.3) is 0 Å². The van der Waals surface area contributed by atoms with Gasteiger partial charge >= 0.3 is 5.97 Å². The standard InChI is InChI=1S/C15H20O3/c1-2-13(16)7-12-9-18-14(17)15(12)8-10-3-5-11(15)6-4-10/h3,5,10-12H,2,4,6-9H2,1H3/t10-,11+,12-,15+/m0/s1. The van der Waals surface area contributed by atoms with Crippen LogP contribution in [0.3, 0.4) is 0 Å². The smallest absolute Gasteiger partial charge is 0.313 e. The number of fused-ring (bicyclic) bond motifs is 1. The number of esters is 1. The second-order valence-electron chi connectivity index (χ2n) is 5.97. The maximum absolute atomic E-state index is 12.3. The Morgan fingerprint density at radius 1 is 1.44 bits per heavy atom. The molecule has 4 rings (SSSR count). The predicted molar refractivity (Wildman–Crippen MR) is 66.8 cm³/mol. The summed E-state index contributed by atoms with van der Waals surface area (Å²) in [5.74, 6) is 1.13. The number of rotatable bonds is 3. The first kappa shape index (κ1) is 11.9. The monoisotopic (exact) mass is 248 g/mol. The lowest BCUT2D eigenvalue weighted by Gasteiger charge is -2.46. The van der Waals surface area contributed by atoms with Crippen LogP contribution in [0.1, 0.15) is 39.0 Å². The molecule has 3 aliphatic carbocycles. The van der Waals surface area contributed by atoms with Crippen molar-refractivity contribution in [1.29, 1.82) is 0 Å². The topological polar surface area (TPSA) is 43.4 Å². The largest absolute Gasteiger partial charge is 0.465 e. The van der Waals surface area contributed by atoms with E-state index in [9.17, 15) is 9.59 Å². The molecule has 3 nitrogen and oxygen atoms in total. The third-order valence-electron chi connectivity index (χ3n) is 5.12. The van der Waals surface area contributed by atoms with Crippen LogP contribution in [0, 0.1) is 23.2 Å². The van der Waals surface area contributed by atoms with Crippen molar-refractivity contribution in [3.63, 3.8) is 0 Å². The third-order valence-corrected chi connectivity index (χ3v) is 5.12. The number of cyclic esters (lactones) is 1. The quantitative estimate of drug-likeness (QED) is 0.569. The molecule has 1 saturated heterocycles. The zero-order chi connectivity index (χ0) is 12.8. The van der Waals surface area contributed by atoms with Gasteiger partial charge in [0, 0.05) is 18.8 Å². The normalized spacial score (nSPS) is 41.4. The Morgan fingerprint density at radius 3 is 2.83 bits per heavy atom. The molecular weight excluding hydrogens is 228 g/mol. The third kappa shape index (κ3) is 1.56. The van der Waals surface area contributed by atoms with E-state index in [4.69, 9.17) is 4.74 Å². The number of ketones is 1. The average molecular weight is 248 g/mol. The first-order valence-electron chi connectivity index (χ1n) is 7.04. The molecule has 2 bridgehead atoms. The number of carbonyl (C=O) groups excluding carboxylic acids is 2. The Kier molecular flexibility index (Phi) is 2.80. The van der Waals surface area contributed by atoms with Crippen molar-refractivity contribution >= 4 is 11.8 Å². The predicted octanol–water partition coefficient (Wildman–Crippen LogP) is 2.50. The molecule has 1 saturated carbocycles. The molecule has 0 amide bonds. The fourth-order valence-electron chi connectivity index (χ4n) is 4.05. The molecule has 0 aromatic carbocycles. The van der Waals surface area contributed by atoms with Crippen LogP contribution in [-0.4, -0.2) is 18.4 Å². The summed E-state index contributed by atoms with van der Waals surface area (Å²) < 4.78 is 5.33. The molecule has 98 valence electrons. The molecule has 4 aliphatic rings. The molecule has 1 spiro atoms. The van der Waals surface area contributed by atoms with Crippen molar-refractivity contribution in [2.24, 2.45) is 23.2 Å². The van der Waals surface area contributed by atoms with E-state index in [1.165, 1.54) is 6.42 Å². The molecule has 0 aromatic heterocycles. The van der Waals surface area contributed by atoms with E-state index >= 15 is 0 Å². The van der Waals surface area contributed by atoms with Gasteiger partial charge in [0.2, 0.25) is 0 Å². The van der Waals surface area contributed by atoms with Crippen molar-refractivity contribution in [3.05, 3.63) is 12.2 Å². The molecule has 2 fully saturated rings. The van der Waals surface area contributed by atoms with Gasteiger partial charge in [-0.05, 0) is 31.1 Å². The van der Waals surface area contributed by atoms with Gasteiger partial charge in [-0.15, -0.1) is 0 Å². The summed E-state index contributed by atoms with van der Waals surface area (Å²) in [5.41, 5.74) is -0.373. The second-order valence-corrected chi connectivity index (χ2v) is 5.97. The Labute approximate surface area is 108 Å². The minimum atomic E-state index is -0.373. The van der Waals surface area contributed by atoms with E-state index in [2.05, 4.69) is 12.2 Å². The maximum atomic E-state index is 12.3. The highest BCUT2D eigenvalue weighted by Gasteiger charge is 2.59. The lowest BCUT2D eigenvalue weighted by molar-refractivity contribution is -0.151. The fraction of sp³-hybridized carbons (Fsp3) is 0.733. The first-order chi connectivity index (χ1) is 8.66. The van der Waals surface area contributed by atoms with Crippen LogP contribution in [0.15, 0.2) is 12.2 Å². The van der Waals surface area contributed by atoms with Gasteiger partial charge in [-0.1, -0.05) is 19.1 Å². The van der Waals surface area contributed by atoms with Gasteiger partial charge < -0.3 is 4.74 Å². The molecular formula is C15H20O3. The van der Waals surface area contributed by atoms with Crippen molar-refractivity contribution in [1.82, 2.24) is 0 Å². The van der Waals surface area contributed by atoms with Crippen LogP contribution in [0.5, 0.6) is 0 Å². The molecule has 0 aromatic rings. The summed E-state index contributed by atoms with van der Waals surface area (Å²) in [6.07, 6.45) is 8.69. The number of hydrogen-bond donors (Lipinski definition) is 0. The summed E-state index contributed by atoms with van der Waals surface area (Å²) in [6.45, 7) is 2.33. The van der Waals surface area contributed by atoms with Crippen LogP contribution in [0.2, 0.25) is 0 Å². The summed E-state index contributed by atoms with van der Waals surface area (Å²) in [5, 5.41) is 0. The van der Waals surface area contributed by atoms with Crippen molar-refractivity contribution in [2.75, 3.05) is 6.61 Å². The van der Waals surface area contributed by atoms with E-state index in [1.807, 2.05) is 6.92 Å². The highest BCUT2D eigenvalue weighted by atomic mass is 16.5. The van der Waals surface area contributed by atoms with Crippen LogP contribution in [-0.2, 0) is 14.3 Å². The van der Waals surface area contributed by atoms with Crippen LogP contribution < -0.4 is 0 Å². The molecule has 18 heavy (non-hydrogen) atoms. The van der Waals surface area contributed by atoms with Crippen LogP contribution >= 0.6 is 0 Å². The van der Waals surface area contributed by atoms with E-state index in [1.54, 1.807) is 0 Å². The number of ether oxygens (including phenoxy) is 1. The van der Waals surface area contributed by atoms with Gasteiger partial charge in [-0.2, -0.15) is 0 Å². The van der Waals surface area contributed by atoms with Gasteiger partial charge in [-0.25, -0.2) is 0 Å². The van der Waals surface area contributed by atoms with Gasteiger partial charge in [0.1, 0.15) is 5.78 Å². The molecule has 3 heteroatoms. The molecule has 1 aliphatic heterocycles. The molecule has 1 heterocycles. The van der Waals surface area contributed by atoms with Gasteiger partial charge in [-0.3, -0.25) is 9.59 Å². The Balaban J connectivity index is 1.90. The molecule has 4 atom stereocenters. The van der Waals surface area contributed by atoms with Crippen molar-refractivity contribution in [2.45, 2.75) is 39.0 Å². The second kappa shape index (κ2) is 4.22. The number of hydrogen-bond acceptors (Lipinski definition) is 3. The summed E-state index contributed by atoms with van der Waals surface area (Å²) in [6, 6.07) is 0. The van der Waals surface area contributed by atoms with Gasteiger partial charge in [0.25, 0.3) is 0 Å². The minimum absolute atomic E-state index is 0.0459. The fourth-order valence-corrected chi connectivity index (χ4v) is 4.05. The van der Waals surface area contributed by atoms with Gasteiger partial charge in [0.15, 0.2) is 0 Å². The highest BCUT2D eigenvalue weighted by Crippen LogP contribution is 2.57. The zero-order valence-corrected chi connectivity index (χ0v) is 10.9. The van der Waals surface area contributed by atoms with E-state index in [-0.39, 0.29) is 23.1 Å². The van der Waals surface area contributed by atoms with Crippen LogP contribution in [0.4, 0.5) is 0 Å². The maximum Gasteiger partial charge on any atom is 0.313 e. The Hall–Kier alpha value is -1.12. The lowest BCUT2D eigenvalue weighted by Crippen LogP contribution is -2.47. The molecule has 0 N–H and O–H groups in total. The van der Waals surface area contributed by atoms with Crippen molar-refractivity contribution < 1.29 is 14.3 Å². The van der Waals surface area contributed by atoms with E-state index < -0.39 is 0 Å². The average Bonchev–Trinajstić information content (AvgIpc) is 2.69. The first-order valence-corrected chi connectivity index (χ1v) is 7.04. The van der Waals surface area contributed by atoms with E-state index in [0.29, 0.717) is 31.3 Å². The number of carbonyl (C=O) groups is 2. The number of Topliss-reactive ketones (excluding diaryl/α,β-unsaturated/α-hetero) is 1. The minimum Gasteiger partial charge on any atom is -0.465 e. The Morgan fingerprint density at radius 2 is 2.28 bits per heavy atom. The SMILES string of the molecule is CCC(=O)C[C@H]1COC(=O)[C@@]12C[C@H]1C=C[C@@H]2CC1. The summed E-state index contributed by atoms with van der Waals surface area (Å²) >= 11 is 0. The summed E-state index contributed by atoms with van der Waals surface area (Å²) in [7, 11) is 0. The van der Waals surface area contributed by atoms with Crippen molar-refractivity contribution in [3.8, 4) is 0 Å². The molecule has 0 unspecified atom stereocenters.